The van der Waals surface area contributed by atoms with Gasteiger partial charge in [-0.15, -0.1) is 0 Å². The third-order valence-electron chi connectivity index (χ3n) is 27.2. The zero-order valence-electron chi connectivity index (χ0n) is 82.3. The lowest BCUT2D eigenvalue weighted by atomic mass is 9.89. The van der Waals surface area contributed by atoms with Crippen LogP contribution in [0.4, 0.5) is 0 Å². The number of unbranched alkanes of at least 4 members (excludes halogenated alkanes) is 39. The van der Waals surface area contributed by atoms with Gasteiger partial charge in [-0.25, -0.2) is 0 Å². The summed E-state index contributed by atoms with van der Waals surface area (Å²) >= 11 is 0. The molecule has 0 aromatic carbocycles. The van der Waals surface area contributed by atoms with Gasteiger partial charge in [0.25, 0.3) is 0 Å². The van der Waals surface area contributed by atoms with Gasteiger partial charge in [-0.1, -0.05) is 404 Å². The van der Waals surface area contributed by atoms with Crippen molar-refractivity contribution in [1.82, 2.24) is 36.4 Å². The van der Waals surface area contributed by atoms with Gasteiger partial charge in [0, 0.05) is 55.9 Å². The molecule has 4 amide bonds. The summed E-state index contributed by atoms with van der Waals surface area (Å²) in [5.41, 5.74) is 0. The fourth-order valence-corrected chi connectivity index (χ4v) is 18.8. The van der Waals surface area contributed by atoms with E-state index in [4.69, 9.17) is 0 Å². The predicted molar refractivity (Wildman–Crippen MR) is 522 cm³/mol. The fourth-order valence-electron chi connectivity index (χ4n) is 18.8. The molecule has 0 fully saturated rings. The number of hydrogen-bond donors (Lipinski definition) is 5. The molecule has 8 unspecified atom stereocenters. The minimum absolute atomic E-state index is 0.189. The maximum atomic E-state index is 13.5. The smallest absolute Gasteiger partial charge is 0.223 e. The Morgan fingerprint density at radius 3 is 0.703 bits per heavy atom. The Morgan fingerprint density at radius 1 is 0.195 bits per heavy atom. The van der Waals surface area contributed by atoms with Crippen LogP contribution in [0.5, 0.6) is 0 Å². The summed E-state index contributed by atoms with van der Waals surface area (Å²) in [5.74, 6) is 4.38. The highest BCUT2D eigenvalue weighted by atomic mass is 16.2. The van der Waals surface area contributed by atoms with Crippen molar-refractivity contribution in [2.45, 2.75) is 551 Å². The molecule has 0 heterocycles. The highest BCUT2D eigenvalue weighted by Crippen LogP contribution is 2.29. The van der Waals surface area contributed by atoms with Crippen LogP contribution in [0.25, 0.3) is 0 Å². The second-order valence-electron chi connectivity index (χ2n) is 38.4. The van der Waals surface area contributed by atoms with Gasteiger partial charge in [0.05, 0.1) is 0 Å². The summed E-state index contributed by atoms with van der Waals surface area (Å²) in [6.45, 7) is 39.5. The molecular weight excluding hydrogens is 1450 g/mol. The Hall–Kier alpha value is -2.24. The minimum Gasteiger partial charge on any atom is -0.356 e. The molecule has 11 heteroatoms. The lowest BCUT2D eigenvalue weighted by molar-refractivity contribution is -0.126. The molecule has 0 aromatic rings. The number of nitrogens with zero attached hydrogens (tertiary/aromatic N) is 2. The third kappa shape index (κ3) is 73.0. The summed E-state index contributed by atoms with van der Waals surface area (Å²) < 4.78 is 0. The molecular formula is C107H215N7O4. The molecule has 0 spiro atoms. The van der Waals surface area contributed by atoms with Crippen LogP contribution in [-0.4, -0.2) is 111 Å². The van der Waals surface area contributed by atoms with Crippen molar-refractivity contribution in [3.63, 3.8) is 0 Å². The lowest BCUT2D eigenvalue weighted by Crippen LogP contribution is -2.34. The van der Waals surface area contributed by atoms with Gasteiger partial charge in [0.1, 0.15) is 0 Å². The molecule has 0 rings (SSSR count). The summed E-state index contributed by atoms with van der Waals surface area (Å²) in [7, 11) is 0. The molecule has 5 N–H and O–H groups in total. The first kappa shape index (κ1) is 116. The Kier molecular flexibility index (Phi) is 89.3. The summed E-state index contributed by atoms with van der Waals surface area (Å²) in [6, 6.07) is 0.616. The van der Waals surface area contributed by atoms with Gasteiger partial charge in [-0.3, -0.25) is 19.2 Å². The number of amides is 4. The first-order chi connectivity index (χ1) is 57.9. The number of carbonyl (C=O) groups is 4. The lowest BCUT2D eigenvalue weighted by Gasteiger charge is -2.27. The van der Waals surface area contributed by atoms with Crippen molar-refractivity contribution < 1.29 is 19.2 Å². The van der Waals surface area contributed by atoms with Gasteiger partial charge in [0.15, 0.2) is 0 Å². The van der Waals surface area contributed by atoms with E-state index in [1.807, 2.05) is 0 Å². The monoisotopic (exact) mass is 1660 g/mol. The van der Waals surface area contributed by atoms with Crippen LogP contribution in [0.15, 0.2) is 0 Å². The summed E-state index contributed by atoms with van der Waals surface area (Å²) in [6.07, 6.45) is 88.9. The Labute approximate surface area is 739 Å². The molecule has 0 aliphatic heterocycles. The van der Waals surface area contributed by atoms with Crippen LogP contribution in [0.1, 0.15) is 545 Å². The topological polar surface area (TPSA) is 135 Å². The highest BCUT2D eigenvalue weighted by Gasteiger charge is 2.23. The second-order valence-corrected chi connectivity index (χ2v) is 38.4. The standard InChI is InChI=1S/C107H215N7O4/c1-13-24-34-56-78-99(73-29-18-6)96(12)108-85-61-49-50-66-92-114(95-84-98(72-55-44-48-65-89-112-107(118)103(77-33-22-10)82-60-38-28-17-5)70-53-42-40-46-63-87-110-105(116)101(75-31-20-8)80-58-36-26-15-3)93-68-51-67-91-113(90-23-11)94-83-97(71-54-43-47-64-88-111-106(117)102(76-32-21-9)81-59-37-27-16-4)69-52-41-39-45-62-86-109-104(115)100(74-30-19-7)79-57-35-25-14-2/h96-103,108H,13-95H2,1-12H3,(H,109,115)(H,110,116)(H,111,117)(H,112,118). The van der Waals surface area contributed by atoms with Crippen LogP contribution < -0.4 is 26.6 Å². The van der Waals surface area contributed by atoms with Gasteiger partial charge >= 0.3 is 0 Å². The molecule has 0 saturated heterocycles. The van der Waals surface area contributed by atoms with Crippen molar-refractivity contribution in [3.05, 3.63) is 0 Å². The first-order valence-corrected chi connectivity index (χ1v) is 54.1. The van der Waals surface area contributed by atoms with Gasteiger partial charge in [-0.05, 0) is 205 Å². The van der Waals surface area contributed by atoms with Crippen LogP contribution in [0.3, 0.4) is 0 Å². The third-order valence-corrected chi connectivity index (χ3v) is 27.2. The van der Waals surface area contributed by atoms with E-state index in [9.17, 15) is 19.2 Å². The van der Waals surface area contributed by atoms with Gasteiger partial charge in [-0.2, -0.15) is 0 Å². The van der Waals surface area contributed by atoms with E-state index in [1.165, 1.54) is 373 Å². The number of rotatable bonds is 97. The fraction of sp³-hybridized carbons (Fsp3) is 0.963. The zero-order valence-corrected chi connectivity index (χ0v) is 82.3. The summed E-state index contributed by atoms with van der Waals surface area (Å²) in [5, 5.41) is 17.6. The Morgan fingerprint density at radius 2 is 0.407 bits per heavy atom. The Balaban J connectivity index is 6.35. The molecule has 8 atom stereocenters. The number of nitrogens with one attached hydrogen (secondary N) is 5. The molecule has 702 valence electrons. The van der Waals surface area contributed by atoms with Crippen LogP contribution in [0, 0.1) is 41.4 Å². The van der Waals surface area contributed by atoms with E-state index in [2.05, 4.69) is 119 Å². The average Bonchev–Trinajstić information content (AvgIpc) is 0.975. The molecule has 0 aliphatic rings. The van der Waals surface area contributed by atoms with Crippen molar-refractivity contribution >= 4 is 23.6 Å². The maximum Gasteiger partial charge on any atom is 0.223 e. The van der Waals surface area contributed by atoms with Crippen LogP contribution >= 0.6 is 0 Å². The molecule has 118 heavy (non-hydrogen) atoms. The zero-order chi connectivity index (χ0) is 86.3. The van der Waals surface area contributed by atoms with Gasteiger partial charge in [0.2, 0.25) is 23.6 Å². The highest BCUT2D eigenvalue weighted by molar-refractivity contribution is 5.79. The Bertz CT molecular complexity index is 2080. The van der Waals surface area contributed by atoms with Crippen LogP contribution in [0.2, 0.25) is 0 Å². The van der Waals surface area contributed by atoms with E-state index in [0.29, 0.717) is 29.7 Å². The minimum atomic E-state index is 0.189. The molecule has 0 saturated carbocycles. The van der Waals surface area contributed by atoms with Crippen molar-refractivity contribution in [2.75, 3.05) is 72.0 Å². The first-order valence-electron chi connectivity index (χ1n) is 54.1. The average molecular weight is 1660 g/mol. The van der Waals surface area contributed by atoms with E-state index in [1.54, 1.807) is 0 Å². The largest absolute Gasteiger partial charge is 0.356 e. The van der Waals surface area contributed by atoms with Crippen LogP contribution in [-0.2, 0) is 19.2 Å². The van der Waals surface area contributed by atoms with E-state index < -0.39 is 0 Å². The summed E-state index contributed by atoms with van der Waals surface area (Å²) in [4.78, 5) is 59.3. The molecule has 11 nitrogen and oxygen atoms in total. The van der Waals surface area contributed by atoms with Crippen molar-refractivity contribution in [3.8, 4) is 0 Å². The van der Waals surface area contributed by atoms with E-state index >= 15 is 0 Å². The normalized spacial score (nSPS) is 13.9. The van der Waals surface area contributed by atoms with E-state index in [0.717, 1.165) is 179 Å². The second kappa shape index (κ2) is 91.0. The van der Waals surface area contributed by atoms with Crippen molar-refractivity contribution in [2.24, 2.45) is 41.4 Å². The molecule has 0 aliphatic carbocycles. The SMILES string of the molecule is CCCCCCC(CCCC)C(=O)NCCCCCCCC(CCCCCCNC(=O)C(CCCC)CCCCCC)CCN(CCC)CCCCCN(CCCCCCNC(C)C(CCCC)CCCCCC)CCC(CCCCCCCNC(=O)C(CCCC)CCCCCC)CCCCCCNC(=O)C(CCCC)CCCCCC. The molecule has 0 bridgehead atoms. The van der Waals surface area contributed by atoms with E-state index in [-0.39, 0.29) is 23.7 Å². The van der Waals surface area contributed by atoms with Crippen molar-refractivity contribution in [1.29, 1.82) is 0 Å². The quantitative estimate of drug-likeness (QED) is 0.0383. The predicted octanol–water partition coefficient (Wildman–Crippen LogP) is 30.7. The van der Waals surface area contributed by atoms with Gasteiger partial charge < -0.3 is 36.4 Å². The molecule has 0 aromatic heterocycles. The molecule has 0 radical (unpaired) electrons. The number of hydrogen-bond acceptors (Lipinski definition) is 7. The number of carbonyl (C=O) groups excluding carboxylic acids is 4. The maximum absolute atomic E-state index is 13.5.